The first-order chi connectivity index (χ1) is 8.99. The van der Waals surface area contributed by atoms with E-state index < -0.39 is 5.60 Å². The molecule has 0 bridgehead atoms. The molecule has 106 valence electrons. The van der Waals surface area contributed by atoms with Gasteiger partial charge < -0.3 is 14.9 Å². The van der Waals surface area contributed by atoms with Crippen LogP contribution in [0.15, 0.2) is 0 Å². The van der Waals surface area contributed by atoms with Gasteiger partial charge in [-0.15, -0.1) is 0 Å². The lowest BCUT2D eigenvalue weighted by atomic mass is 9.86. The summed E-state index contributed by atoms with van der Waals surface area (Å²) in [6, 6.07) is 0. The number of piperidine rings is 1. The predicted octanol–water partition coefficient (Wildman–Crippen LogP) is 0.228. The number of likely N-dealkylation sites (tertiary alicyclic amines) is 2. The highest BCUT2D eigenvalue weighted by molar-refractivity contribution is 5.81. The fourth-order valence-corrected chi connectivity index (χ4v) is 3.37. The van der Waals surface area contributed by atoms with Crippen molar-refractivity contribution < 1.29 is 14.7 Å². The standard InChI is InChI=1S/C14H22N2O3/c1-10(17)15-6-2-3-11(7-15)13(18)16-8-14(19,9-16)12-4-5-12/h11-12,19H,2-9H2,1H3. The smallest absolute Gasteiger partial charge is 0.227 e. The maximum Gasteiger partial charge on any atom is 0.227 e. The van der Waals surface area contributed by atoms with E-state index in [1.165, 1.54) is 0 Å². The van der Waals surface area contributed by atoms with Crippen LogP contribution in [0.25, 0.3) is 0 Å². The van der Waals surface area contributed by atoms with E-state index in [4.69, 9.17) is 0 Å². The van der Waals surface area contributed by atoms with Crippen molar-refractivity contribution in [2.75, 3.05) is 26.2 Å². The van der Waals surface area contributed by atoms with Crippen LogP contribution < -0.4 is 0 Å². The van der Waals surface area contributed by atoms with Crippen LogP contribution in [0.3, 0.4) is 0 Å². The van der Waals surface area contributed by atoms with E-state index in [-0.39, 0.29) is 17.7 Å². The molecule has 1 atom stereocenters. The molecule has 5 heteroatoms. The molecule has 0 aromatic carbocycles. The molecule has 2 heterocycles. The van der Waals surface area contributed by atoms with Gasteiger partial charge in [0.25, 0.3) is 0 Å². The fraction of sp³-hybridized carbons (Fsp3) is 0.857. The normalized spacial score (nSPS) is 29.9. The second-order valence-corrected chi connectivity index (χ2v) is 6.38. The SMILES string of the molecule is CC(=O)N1CCCC(C(=O)N2CC(O)(C3CC3)C2)C1. The topological polar surface area (TPSA) is 60.9 Å². The predicted molar refractivity (Wildman–Crippen MR) is 69.2 cm³/mol. The van der Waals surface area contributed by atoms with Gasteiger partial charge in [-0.2, -0.15) is 0 Å². The van der Waals surface area contributed by atoms with E-state index in [2.05, 4.69) is 0 Å². The van der Waals surface area contributed by atoms with Gasteiger partial charge in [0, 0.05) is 20.0 Å². The Morgan fingerprint density at radius 3 is 2.42 bits per heavy atom. The lowest BCUT2D eigenvalue weighted by molar-refractivity contribution is -0.165. The Kier molecular flexibility index (Phi) is 3.04. The molecule has 0 aromatic rings. The van der Waals surface area contributed by atoms with Crippen LogP contribution in [0.2, 0.25) is 0 Å². The monoisotopic (exact) mass is 266 g/mol. The molecule has 5 nitrogen and oxygen atoms in total. The number of rotatable bonds is 2. The number of hydrogen-bond acceptors (Lipinski definition) is 3. The van der Waals surface area contributed by atoms with Crippen LogP contribution in [0, 0.1) is 11.8 Å². The molecule has 3 fully saturated rings. The number of amides is 2. The Balaban J connectivity index is 1.55. The molecule has 2 aliphatic heterocycles. The molecule has 2 amide bonds. The number of aliphatic hydroxyl groups is 1. The van der Waals surface area contributed by atoms with Gasteiger partial charge in [0.05, 0.1) is 19.0 Å². The van der Waals surface area contributed by atoms with E-state index in [0.717, 1.165) is 32.2 Å². The van der Waals surface area contributed by atoms with Gasteiger partial charge in [0.15, 0.2) is 0 Å². The highest BCUT2D eigenvalue weighted by Crippen LogP contribution is 2.44. The third-order valence-corrected chi connectivity index (χ3v) is 4.79. The zero-order chi connectivity index (χ0) is 13.6. The number of β-amino-alcohol motifs (C(OH)–C–C–N with tert-alkyl or cyclic N) is 1. The molecular weight excluding hydrogens is 244 g/mol. The van der Waals surface area contributed by atoms with Gasteiger partial charge in [-0.3, -0.25) is 9.59 Å². The highest BCUT2D eigenvalue weighted by Gasteiger charge is 2.53. The molecule has 3 aliphatic rings. The second kappa shape index (κ2) is 4.47. The van der Waals surface area contributed by atoms with Crippen molar-refractivity contribution in [3.63, 3.8) is 0 Å². The van der Waals surface area contributed by atoms with Crippen LogP contribution >= 0.6 is 0 Å². The minimum Gasteiger partial charge on any atom is -0.386 e. The summed E-state index contributed by atoms with van der Waals surface area (Å²) in [7, 11) is 0. The summed E-state index contributed by atoms with van der Waals surface area (Å²) in [5, 5.41) is 10.2. The molecule has 1 N–H and O–H groups in total. The van der Waals surface area contributed by atoms with Gasteiger partial charge >= 0.3 is 0 Å². The van der Waals surface area contributed by atoms with Gasteiger partial charge in [0.2, 0.25) is 11.8 Å². The summed E-state index contributed by atoms with van der Waals surface area (Å²) < 4.78 is 0. The van der Waals surface area contributed by atoms with Crippen molar-refractivity contribution in [2.24, 2.45) is 11.8 Å². The van der Waals surface area contributed by atoms with Crippen LogP contribution in [0.4, 0.5) is 0 Å². The average molecular weight is 266 g/mol. The molecule has 1 unspecified atom stereocenters. The number of carbonyl (C=O) groups excluding carboxylic acids is 2. The maximum atomic E-state index is 12.4. The molecular formula is C14H22N2O3. The molecule has 0 radical (unpaired) electrons. The highest BCUT2D eigenvalue weighted by atomic mass is 16.3. The second-order valence-electron chi connectivity index (χ2n) is 6.38. The molecule has 1 saturated carbocycles. The lowest BCUT2D eigenvalue weighted by Gasteiger charge is -2.48. The van der Waals surface area contributed by atoms with Gasteiger partial charge in [-0.1, -0.05) is 0 Å². The third-order valence-electron chi connectivity index (χ3n) is 4.79. The number of carbonyl (C=O) groups is 2. The Morgan fingerprint density at radius 2 is 1.84 bits per heavy atom. The Labute approximate surface area is 113 Å². The summed E-state index contributed by atoms with van der Waals surface area (Å²) in [5.74, 6) is 0.518. The minimum atomic E-state index is -0.607. The van der Waals surface area contributed by atoms with Crippen LogP contribution in [-0.2, 0) is 9.59 Å². The van der Waals surface area contributed by atoms with Crippen LogP contribution in [0.5, 0.6) is 0 Å². The van der Waals surface area contributed by atoms with Crippen molar-refractivity contribution in [1.29, 1.82) is 0 Å². The van der Waals surface area contributed by atoms with Gasteiger partial charge in [-0.05, 0) is 31.6 Å². The van der Waals surface area contributed by atoms with E-state index in [1.807, 2.05) is 0 Å². The van der Waals surface area contributed by atoms with E-state index >= 15 is 0 Å². The van der Waals surface area contributed by atoms with Crippen LogP contribution in [-0.4, -0.2) is 58.5 Å². The Hall–Kier alpha value is -1.10. The maximum absolute atomic E-state index is 12.4. The summed E-state index contributed by atoms with van der Waals surface area (Å²) >= 11 is 0. The quantitative estimate of drug-likeness (QED) is 0.778. The van der Waals surface area contributed by atoms with Crippen molar-refractivity contribution in [1.82, 2.24) is 9.80 Å². The fourth-order valence-electron chi connectivity index (χ4n) is 3.37. The molecule has 19 heavy (non-hydrogen) atoms. The van der Waals surface area contributed by atoms with Crippen molar-refractivity contribution in [3.05, 3.63) is 0 Å². The largest absolute Gasteiger partial charge is 0.386 e. The van der Waals surface area contributed by atoms with Gasteiger partial charge in [0.1, 0.15) is 5.60 Å². The summed E-state index contributed by atoms with van der Waals surface area (Å²) in [5.41, 5.74) is -0.607. The third kappa shape index (κ3) is 2.36. The average Bonchev–Trinajstić information content (AvgIpc) is 3.18. The molecule has 1 aliphatic carbocycles. The number of nitrogens with zero attached hydrogens (tertiary/aromatic N) is 2. The van der Waals surface area contributed by atoms with Crippen LogP contribution in [0.1, 0.15) is 32.6 Å². The molecule has 0 spiro atoms. The Bertz CT molecular complexity index is 399. The van der Waals surface area contributed by atoms with Crippen molar-refractivity contribution in [2.45, 2.75) is 38.2 Å². The first-order valence-electron chi connectivity index (χ1n) is 7.26. The first kappa shape index (κ1) is 12.9. The Morgan fingerprint density at radius 1 is 1.16 bits per heavy atom. The molecule has 2 saturated heterocycles. The van der Waals surface area contributed by atoms with E-state index in [1.54, 1.807) is 16.7 Å². The zero-order valence-electron chi connectivity index (χ0n) is 11.5. The van der Waals surface area contributed by atoms with Crippen molar-refractivity contribution >= 4 is 11.8 Å². The summed E-state index contributed by atoms with van der Waals surface area (Å²) in [6.45, 7) is 3.86. The molecule has 3 rings (SSSR count). The summed E-state index contributed by atoms with van der Waals surface area (Å²) in [6.07, 6.45) is 3.96. The summed E-state index contributed by atoms with van der Waals surface area (Å²) in [4.78, 5) is 27.3. The van der Waals surface area contributed by atoms with E-state index in [9.17, 15) is 14.7 Å². The number of hydrogen-bond donors (Lipinski definition) is 1. The van der Waals surface area contributed by atoms with E-state index in [0.29, 0.717) is 25.6 Å². The zero-order valence-corrected chi connectivity index (χ0v) is 11.5. The van der Waals surface area contributed by atoms with Gasteiger partial charge in [-0.25, -0.2) is 0 Å². The molecule has 0 aromatic heterocycles. The lowest BCUT2D eigenvalue weighted by Crippen LogP contribution is -2.66. The first-order valence-corrected chi connectivity index (χ1v) is 7.26. The van der Waals surface area contributed by atoms with Crippen molar-refractivity contribution in [3.8, 4) is 0 Å². The minimum absolute atomic E-state index is 0.0515.